The molecule has 0 saturated carbocycles. The summed E-state index contributed by atoms with van der Waals surface area (Å²) >= 11 is 0. The van der Waals surface area contributed by atoms with Crippen LogP contribution in [0.15, 0.2) is 24.3 Å². The van der Waals surface area contributed by atoms with Gasteiger partial charge in [0.15, 0.2) is 0 Å². The van der Waals surface area contributed by atoms with Gasteiger partial charge in [-0.15, -0.1) is 0 Å². The molecule has 0 aliphatic carbocycles. The fourth-order valence-electron chi connectivity index (χ4n) is 2.45. The van der Waals surface area contributed by atoms with E-state index in [0.717, 1.165) is 42.1 Å². The molecule has 1 heterocycles. The fraction of sp³-hybridized carbons (Fsp3) is 0.462. The van der Waals surface area contributed by atoms with E-state index in [1.165, 1.54) is 0 Å². The van der Waals surface area contributed by atoms with Crippen molar-refractivity contribution in [1.82, 2.24) is 0 Å². The molecule has 17 heavy (non-hydrogen) atoms. The fourth-order valence-corrected chi connectivity index (χ4v) is 2.45. The van der Waals surface area contributed by atoms with Crippen LogP contribution >= 0.6 is 0 Å². The molecule has 0 radical (unpaired) electrons. The minimum absolute atomic E-state index is 0.360. The van der Waals surface area contributed by atoms with Crippen LogP contribution in [0.25, 0.3) is 0 Å². The molecule has 0 bridgehead atoms. The summed E-state index contributed by atoms with van der Waals surface area (Å²) in [5, 5.41) is 11.0. The van der Waals surface area contributed by atoms with Gasteiger partial charge in [0, 0.05) is 18.4 Å². The van der Waals surface area contributed by atoms with Gasteiger partial charge in [0.25, 0.3) is 0 Å². The predicted octanol–water partition coefficient (Wildman–Crippen LogP) is -1.01. The van der Waals surface area contributed by atoms with Gasteiger partial charge < -0.3 is 19.5 Å². The van der Waals surface area contributed by atoms with Crippen molar-refractivity contribution >= 4 is 5.97 Å². The number of aliphatic carboxylic acids is 1. The molecule has 2 rings (SSSR count). The number of nitrogens with one attached hydrogen (secondary N) is 1. The van der Waals surface area contributed by atoms with Crippen LogP contribution in [0.3, 0.4) is 0 Å². The number of hydrogen-bond acceptors (Lipinski definition) is 3. The molecule has 0 amide bonds. The highest BCUT2D eigenvalue weighted by atomic mass is 16.5. The van der Waals surface area contributed by atoms with Crippen molar-refractivity contribution in [3.63, 3.8) is 0 Å². The van der Waals surface area contributed by atoms with Crippen LogP contribution in [0.4, 0.5) is 0 Å². The maximum atomic E-state index is 11.0. The van der Waals surface area contributed by atoms with Crippen LogP contribution < -0.4 is 14.7 Å². The third-order valence-corrected chi connectivity index (χ3v) is 3.33. The van der Waals surface area contributed by atoms with Crippen LogP contribution in [0, 0.1) is 0 Å². The average Bonchev–Trinajstić information content (AvgIpc) is 2.77. The number of quaternary nitrogens is 1. The summed E-state index contributed by atoms with van der Waals surface area (Å²) < 4.78 is 5.16. The number of rotatable bonds is 4. The van der Waals surface area contributed by atoms with Crippen molar-refractivity contribution in [1.29, 1.82) is 0 Å². The number of methoxy groups -OCH3 is 1. The Morgan fingerprint density at radius 2 is 2.41 bits per heavy atom. The molecule has 0 aromatic heterocycles. The molecule has 92 valence electrons. The van der Waals surface area contributed by atoms with Crippen molar-refractivity contribution in [2.45, 2.75) is 25.4 Å². The third-order valence-electron chi connectivity index (χ3n) is 3.33. The normalized spacial score (nSPS) is 23.6. The quantitative estimate of drug-likeness (QED) is 0.728. The number of carbonyl (C=O) groups is 1. The van der Waals surface area contributed by atoms with Crippen LogP contribution in [0.1, 0.15) is 18.4 Å². The topological polar surface area (TPSA) is 53.8 Å². The van der Waals surface area contributed by atoms with E-state index in [9.17, 15) is 9.90 Å². The molecule has 1 N–H and O–H groups in total. The maximum absolute atomic E-state index is 11.0. The van der Waals surface area contributed by atoms with Gasteiger partial charge >= 0.3 is 0 Å². The zero-order chi connectivity index (χ0) is 12.3. The minimum atomic E-state index is -0.930. The number of ether oxygens (including phenoxy) is 1. The summed E-state index contributed by atoms with van der Waals surface area (Å²) in [6.45, 7) is 1.62. The summed E-state index contributed by atoms with van der Waals surface area (Å²) in [6, 6.07) is 7.41. The SMILES string of the molecule is COc1cccc(C[NH+]2CCC[C@H]2C(=O)[O-])c1. The second-order valence-electron chi connectivity index (χ2n) is 4.45. The number of benzene rings is 1. The predicted molar refractivity (Wildman–Crippen MR) is 60.6 cm³/mol. The van der Waals surface area contributed by atoms with Crippen LogP contribution in [0.2, 0.25) is 0 Å². The van der Waals surface area contributed by atoms with Crippen LogP contribution in [-0.2, 0) is 11.3 Å². The Bertz CT molecular complexity index is 405. The van der Waals surface area contributed by atoms with Crippen LogP contribution in [-0.4, -0.2) is 25.7 Å². The molecule has 4 nitrogen and oxygen atoms in total. The Balaban J connectivity index is 2.06. The lowest BCUT2D eigenvalue weighted by atomic mass is 10.2. The summed E-state index contributed by atoms with van der Waals surface area (Å²) in [7, 11) is 1.63. The third kappa shape index (κ3) is 2.77. The van der Waals surface area contributed by atoms with Gasteiger partial charge in [-0.1, -0.05) is 12.1 Å². The number of likely N-dealkylation sites (tertiary alicyclic amines) is 1. The van der Waals surface area contributed by atoms with Gasteiger partial charge in [0.2, 0.25) is 0 Å². The Kier molecular flexibility index (Phi) is 3.64. The van der Waals surface area contributed by atoms with Crippen molar-refractivity contribution in [2.75, 3.05) is 13.7 Å². The first kappa shape index (κ1) is 11.9. The van der Waals surface area contributed by atoms with E-state index in [-0.39, 0.29) is 6.04 Å². The van der Waals surface area contributed by atoms with Gasteiger partial charge in [-0.3, -0.25) is 0 Å². The lowest BCUT2D eigenvalue weighted by Crippen LogP contribution is -3.14. The Morgan fingerprint density at radius 3 is 3.12 bits per heavy atom. The summed E-state index contributed by atoms with van der Waals surface area (Å²) in [4.78, 5) is 12.1. The molecule has 1 aliphatic rings. The van der Waals surface area contributed by atoms with E-state index < -0.39 is 5.97 Å². The van der Waals surface area contributed by atoms with Gasteiger partial charge in [-0.25, -0.2) is 0 Å². The molecule has 1 unspecified atom stereocenters. The van der Waals surface area contributed by atoms with E-state index in [1.807, 2.05) is 24.3 Å². The molecule has 2 atom stereocenters. The van der Waals surface area contributed by atoms with Gasteiger partial charge in [0.1, 0.15) is 18.3 Å². The second-order valence-corrected chi connectivity index (χ2v) is 4.45. The van der Waals surface area contributed by atoms with E-state index in [0.29, 0.717) is 0 Å². The highest BCUT2D eigenvalue weighted by Crippen LogP contribution is 2.12. The first-order valence-electron chi connectivity index (χ1n) is 5.89. The monoisotopic (exact) mass is 235 g/mol. The summed E-state index contributed by atoms with van der Waals surface area (Å²) in [5.74, 6) is -0.119. The second kappa shape index (κ2) is 5.19. The van der Waals surface area contributed by atoms with Gasteiger partial charge in [-0.2, -0.15) is 0 Å². The zero-order valence-corrected chi connectivity index (χ0v) is 9.94. The molecule has 1 aromatic rings. The molecule has 0 spiro atoms. The summed E-state index contributed by atoms with van der Waals surface area (Å²) in [5.41, 5.74) is 1.10. The smallest absolute Gasteiger partial charge is 0.128 e. The van der Waals surface area contributed by atoms with Gasteiger partial charge in [-0.05, 0) is 12.1 Å². The van der Waals surface area contributed by atoms with Crippen molar-refractivity contribution in [2.24, 2.45) is 0 Å². The molecule has 1 aliphatic heterocycles. The van der Waals surface area contributed by atoms with Gasteiger partial charge in [0.05, 0.1) is 19.6 Å². The molecular formula is C13H17NO3. The number of carboxylic acid groups (broad SMARTS) is 1. The van der Waals surface area contributed by atoms with E-state index in [4.69, 9.17) is 4.74 Å². The highest BCUT2D eigenvalue weighted by Gasteiger charge is 2.29. The molecule has 1 saturated heterocycles. The number of hydrogen-bond donors (Lipinski definition) is 1. The Labute approximate surface area is 101 Å². The van der Waals surface area contributed by atoms with E-state index >= 15 is 0 Å². The molecule has 1 fully saturated rings. The highest BCUT2D eigenvalue weighted by molar-refractivity contribution is 5.69. The molecule has 1 aromatic carbocycles. The lowest BCUT2D eigenvalue weighted by Gasteiger charge is -2.22. The van der Waals surface area contributed by atoms with E-state index in [1.54, 1.807) is 7.11 Å². The Morgan fingerprint density at radius 1 is 1.59 bits per heavy atom. The molecular weight excluding hydrogens is 218 g/mol. The minimum Gasteiger partial charge on any atom is -0.544 e. The zero-order valence-electron chi connectivity index (χ0n) is 9.94. The van der Waals surface area contributed by atoms with Crippen molar-refractivity contribution in [3.8, 4) is 5.75 Å². The number of carbonyl (C=O) groups excluding carboxylic acids is 1. The average molecular weight is 235 g/mol. The lowest BCUT2D eigenvalue weighted by molar-refractivity contribution is -0.919. The maximum Gasteiger partial charge on any atom is 0.128 e. The Hall–Kier alpha value is -1.55. The first-order chi connectivity index (χ1) is 8.20. The largest absolute Gasteiger partial charge is 0.544 e. The standard InChI is InChI=1S/C13H17NO3/c1-17-11-5-2-4-10(8-11)9-14-7-3-6-12(14)13(15)16/h2,4-5,8,12H,3,6-7,9H2,1H3,(H,15,16)/t12-/m0/s1. The number of carboxylic acids is 1. The van der Waals surface area contributed by atoms with Crippen LogP contribution in [0.5, 0.6) is 5.75 Å². The first-order valence-corrected chi connectivity index (χ1v) is 5.89. The molecule has 4 heteroatoms. The van der Waals surface area contributed by atoms with E-state index in [2.05, 4.69) is 0 Å². The van der Waals surface area contributed by atoms with Crippen molar-refractivity contribution in [3.05, 3.63) is 29.8 Å². The van der Waals surface area contributed by atoms with Crippen molar-refractivity contribution < 1.29 is 19.5 Å². The summed E-state index contributed by atoms with van der Waals surface area (Å²) in [6.07, 6.45) is 1.68.